The number of benzene rings is 1. The van der Waals surface area contributed by atoms with Crippen molar-refractivity contribution in [2.24, 2.45) is 17.6 Å². The van der Waals surface area contributed by atoms with Crippen molar-refractivity contribution in [3.63, 3.8) is 0 Å². The van der Waals surface area contributed by atoms with Gasteiger partial charge in [0.2, 0.25) is 11.8 Å². The maximum absolute atomic E-state index is 12.8. The number of hydrogen-bond acceptors (Lipinski definition) is 5. The fourth-order valence-corrected chi connectivity index (χ4v) is 6.10. The van der Waals surface area contributed by atoms with E-state index >= 15 is 0 Å². The SMILES string of the molecule is NC1CC2CCCC(C1)C2NCc1ccc2c(c1)CN(C1CCC(=O)NC1=O)C2=O. The predicted octanol–water partition coefficient (Wildman–Crippen LogP) is 1.44. The third-order valence-corrected chi connectivity index (χ3v) is 7.51. The average molecular weight is 411 g/mol. The van der Waals surface area contributed by atoms with Crippen LogP contribution in [0.3, 0.4) is 0 Å². The van der Waals surface area contributed by atoms with E-state index in [1.54, 1.807) is 4.90 Å². The van der Waals surface area contributed by atoms with Crippen LogP contribution >= 0.6 is 0 Å². The van der Waals surface area contributed by atoms with Crippen LogP contribution in [0.15, 0.2) is 18.2 Å². The lowest BCUT2D eigenvalue weighted by Crippen LogP contribution is -2.52. The van der Waals surface area contributed by atoms with E-state index in [2.05, 4.69) is 16.7 Å². The third kappa shape index (κ3) is 3.54. The summed E-state index contributed by atoms with van der Waals surface area (Å²) in [5.41, 5.74) is 9.05. The van der Waals surface area contributed by atoms with Crippen molar-refractivity contribution < 1.29 is 14.4 Å². The summed E-state index contributed by atoms with van der Waals surface area (Å²) in [5.74, 6) is 0.603. The number of nitrogens with two attached hydrogens (primary N) is 1. The van der Waals surface area contributed by atoms with E-state index in [0.29, 0.717) is 42.4 Å². The zero-order valence-electron chi connectivity index (χ0n) is 17.2. The molecule has 0 spiro atoms. The second-order valence-electron chi connectivity index (χ2n) is 9.48. The highest BCUT2D eigenvalue weighted by Crippen LogP contribution is 2.40. The molecule has 4 N–H and O–H groups in total. The maximum atomic E-state index is 12.8. The number of imide groups is 1. The van der Waals surface area contributed by atoms with Crippen LogP contribution in [0.1, 0.15) is 66.4 Å². The summed E-state index contributed by atoms with van der Waals surface area (Å²) in [7, 11) is 0. The predicted molar refractivity (Wildman–Crippen MR) is 111 cm³/mol. The molecule has 160 valence electrons. The van der Waals surface area contributed by atoms with Crippen molar-refractivity contribution >= 4 is 17.7 Å². The van der Waals surface area contributed by atoms with Crippen LogP contribution in [-0.4, -0.2) is 40.7 Å². The standard InChI is InChI=1S/C23H30N4O3/c24-17-9-14-2-1-3-15(10-17)21(14)25-11-13-4-5-18-16(8-13)12-27(23(18)30)19-6-7-20(28)26-22(19)29/h4-5,8,14-15,17,19,21,25H,1-3,6-7,9-12,24H2,(H,26,28,29). The Hall–Kier alpha value is -2.25. The molecular formula is C23H30N4O3. The number of rotatable bonds is 4. The molecule has 3 amide bonds. The van der Waals surface area contributed by atoms with E-state index in [9.17, 15) is 14.4 Å². The van der Waals surface area contributed by atoms with Gasteiger partial charge in [0.05, 0.1) is 0 Å². The molecule has 7 nitrogen and oxygen atoms in total. The van der Waals surface area contributed by atoms with Crippen LogP contribution in [0, 0.1) is 11.8 Å². The van der Waals surface area contributed by atoms with Gasteiger partial charge in [-0.2, -0.15) is 0 Å². The fraction of sp³-hybridized carbons (Fsp3) is 0.609. The quantitative estimate of drug-likeness (QED) is 0.652. The van der Waals surface area contributed by atoms with Gasteiger partial charge >= 0.3 is 0 Å². The molecule has 30 heavy (non-hydrogen) atoms. The summed E-state index contributed by atoms with van der Waals surface area (Å²) in [6.45, 7) is 1.21. The van der Waals surface area contributed by atoms with E-state index in [1.165, 1.54) is 24.8 Å². The monoisotopic (exact) mass is 410 g/mol. The van der Waals surface area contributed by atoms with Crippen LogP contribution in [-0.2, 0) is 22.7 Å². The molecule has 2 saturated carbocycles. The summed E-state index contributed by atoms with van der Waals surface area (Å²) in [4.78, 5) is 38.1. The van der Waals surface area contributed by atoms with Gasteiger partial charge < -0.3 is 16.0 Å². The number of piperidine rings is 1. The molecule has 3 unspecified atom stereocenters. The normalized spacial score (nSPS) is 33.4. The number of amides is 3. The van der Waals surface area contributed by atoms with E-state index in [1.807, 2.05) is 12.1 Å². The summed E-state index contributed by atoms with van der Waals surface area (Å²) in [6.07, 6.45) is 6.76. The van der Waals surface area contributed by atoms with Gasteiger partial charge in [0.15, 0.2) is 0 Å². The smallest absolute Gasteiger partial charge is 0.255 e. The minimum absolute atomic E-state index is 0.116. The highest BCUT2D eigenvalue weighted by atomic mass is 16.2. The largest absolute Gasteiger partial charge is 0.328 e. The van der Waals surface area contributed by atoms with Gasteiger partial charge in [-0.3, -0.25) is 19.7 Å². The Labute approximate surface area is 176 Å². The van der Waals surface area contributed by atoms with Crippen LogP contribution in [0.25, 0.3) is 0 Å². The second-order valence-corrected chi connectivity index (χ2v) is 9.48. The molecule has 5 rings (SSSR count). The molecule has 3 atom stereocenters. The second kappa shape index (κ2) is 7.78. The van der Waals surface area contributed by atoms with Gasteiger partial charge in [0.1, 0.15) is 6.04 Å². The minimum atomic E-state index is -0.560. The number of nitrogens with zero attached hydrogens (tertiary/aromatic N) is 1. The molecule has 0 aromatic heterocycles. The maximum Gasteiger partial charge on any atom is 0.255 e. The Balaban J connectivity index is 1.26. The Morgan fingerprint density at radius 2 is 1.87 bits per heavy atom. The Kier molecular flexibility index (Phi) is 5.11. The molecule has 1 aromatic carbocycles. The molecule has 1 saturated heterocycles. The summed E-state index contributed by atoms with van der Waals surface area (Å²) in [5, 5.41) is 6.15. The zero-order chi connectivity index (χ0) is 20.8. The summed E-state index contributed by atoms with van der Waals surface area (Å²) in [6, 6.07) is 6.32. The van der Waals surface area contributed by atoms with Crippen LogP contribution in [0.5, 0.6) is 0 Å². The molecule has 7 heteroatoms. The molecular weight excluding hydrogens is 380 g/mol. The van der Waals surface area contributed by atoms with Crippen LogP contribution in [0.4, 0.5) is 0 Å². The number of carbonyl (C=O) groups is 3. The van der Waals surface area contributed by atoms with Gasteiger partial charge in [0.25, 0.3) is 5.91 Å². The lowest BCUT2D eigenvalue weighted by molar-refractivity contribution is -0.136. The van der Waals surface area contributed by atoms with Crippen molar-refractivity contribution in [1.82, 2.24) is 15.5 Å². The Morgan fingerprint density at radius 1 is 1.10 bits per heavy atom. The first-order chi connectivity index (χ1) is 14.5. The van der Waals surface area contributed by atoms with Crippen LogP contribution < -0.4 is 16.4 Å². The van der Waals surface area contributed by atoms with Gasteiger partial charge in [-0.05, 0) is 61.1 Å². The number of carbonyl (C=O) groups excluding carboxylic acids is 3. The van der Waals surface area contributed by atoms with Gasteiger partial charge in [-0.15, -0.1) is 0 Å². The highest BCUT2D eigenvalue weighted by molar-refractivity contribution is 6.05. The minimum Gasteiger partial charge on any atom is -0.328 e. The van der Waals surface area contributed by atoms with E-state index in [4.69, 9.17) is 5.73 Å². The van der Waals surface area contributed by atoms with Gasteiger partial charge in [0, 0.05) is 37.2 Å². The van der Waals surface area contributed by atoms with E-state index in [0.717, 1.165) is 24.9 Å². The molecule has 0 radical (unpaired) electrons. The van der Waals surface area contributed by atoms with Crippen molar-refractivity contribution in [2.45, 2.75) is 76.2 Å². The Bertz CT molecular complexity index is 871. The topological polar surface area (TPSA) is 105 Å². The van der Waals surface area contributed by atoms with Crippen molar-refractivity contribution in [3.8, 4) is 0 Å². The molecule has 2 aliphatic heterocycles. The average Bonchev–Trinajstić information content (AvgIpc) is 3.02. The third-order valence-electron chi connectivity index (χ3n) is 7.51. The first kappa shape index (κ1) is 19.7. The van der Waals surface area contributed by atoms with Crippen molar-refractivity contribution in [1.29, 1.82) is 0 Å². The molecule has 3 fully saturated rings. The van der Waals surface area contributed by atoms with Crippen molar-refractivity contribution in [3.05, 3.63) is 34.9 Å². The highest BCUT2D eigenvalue weighted by Gasteiger charge is 2.40. The molecule has 2 heterocycles. The molecule has 2 bridgehead atoms. The van der Waals surface area contributed by atoms with E-state index < -0.39 is 6.04 Å². The van der Waals surface area contributed by atoms with E-state index in [-0.39, 0.29) is 24.1 Å². The number of nitrogens with one attached hydrogen (secondary N) is 2. The van der Waals surface area contributed by atoms with Crippen molar-refractivity contribution in [2.75, 3.05) is 0 Å². The molecule has 4 aliphatic rings. The lowest BCUT2D eigenvalue weighted by atomic mass is 9.67. The Morgan fingerprint density at radius 3 is 2.60 bits per heavy atom. The summed E-state index contributed by atoms with van der Waals surface area (Å²) < 4.78 is 0. The lowest BCUT2D eigenvalue weighted by Gasteiger charge is -2.45. The molecule has 2 aliphatic carbocycles. The number of hydrogen-bond donors (Lipinski definition) is 3. The van der Waals surface area contributed by atoms with Gasteiger partial charge in [-0.1, -0.05) is 18.6 Å². The first-order valence-corrected chi connectivity index (χ1v) is 11.2. The zero-order valence-corrected chi connectivity index (χ0v) is 17.2. The summed E-state index contributed by atoms with van der Waals surface area (Å²) >= 11 is 0. The first-order valence-electron chi connectivity index (χ1n) is 11.2. The van der Waals surface area contributed by atoms with Gasteiger partial charge in [-0.25, -0.2) is 0 Å². The number of fused-ring (bicyclic) bond motifs is 3. The van der Waals surface area contributed by atoms with Crippen LogP contribution in [0.2, 0.25) is 0 Å². The fourth-order valence-electron chi connectivity index (χ4n) is 6.10. The molecule has 1 aromatic rings.